The second-order valence-electron chi connectivity index (χ2n) is 3.73. The van der Waals surface area contributed by atoms with Gasteiger partial charge in [-0.15, -0.1) is 0 Å². The summed E-state index contributed by atoms with van der Waals surface area (Å²) in [6.45, 7) is 0.625. The van der Waals surface area contributed by atoms with Crippen LogP contribution in [0.4, 0.5) is 17.2 Å². The highest BCUT2D eigenvalue weighted by Gasteiger charge is 1.96. The van der Waals surface area contributed by atoms with Crippen LogP contribution in [0.25, 0.3) is 0 Å². The Labute approximate surface area is 100 Å². The highest BCUT2D eigenvalue weighted by atomic mass is 16.5. The normalized spacial score (nSPS) is 10.2. The number of hydrogen-bond donors (Lipinski definition) is 2. The average molecular weight is 229 g/mol. The molecular weight excluding hydrogens is 214 g/mol. The Bertz CT molecular complexity index is 465. The minimum Gasteiger partial charge on any atom is -0.397 e. The van der Waals surface area contributed by atoms with Gasteiger partial charge >= 0.3 is 0 Å². The van der Waals surface area contributed by atoms with Crippen molar-refractivity contribution in [3.63, 3.8) is 0 Å². The van der Waals surface area contributed by atoms with Crippen molar-refractivity contribution in [1.29, 1.82) is 0 Å². The number of ether oxygens (including phenoxy) is 1. The molecular formula is C13H15N3O. The molecule has 0 unspecified atom stereocenters. The molecule has 0 atom stereocenters. The van der Waals surface area contributed by atoms with Crippen LogP contribution in [0, 0.1) is 0 Å². The topological polar surface area (TPSA) is 60.2 Å². The maximum absolute atomic E-state index is 5.57. The predicted octanol–water partition coefficient (Wildman–Crippen LogP) is 2.55. The van der Waals surface area contributed by atoms with Crippen molar-refractivity contribution in [1.82, 2.24) is 4.98 Å². The standard InChI is InChI=1S/C13H15N3O/c1-17-9-10-2-5-12(6-3-10)16-13-7-4-11(14)8-15-13/h2-8H,9,14H2,1H3,(H,15,16). The highest BCUT2D eigenvalue weighted by Crippen LogP contribution is 2.16. The van der Waals surface area contributed by atoms with Crippen molar-refractivity contribution in [2.24, 2.45) is 0 Å². The van der Waals surface area contributed by atoms with E-state index in [0.29, 0.717) is 12.3 Å². The summed E-state index contributed by atoms with van der Waals surface area (Å²) in [5, 5.41) is 3.19. The molecule has 2 aromatic rings. The van der Waals surface area contributed by atoms with Gasteiger partial charge in [0.15, 0.2) is 0 Å². The van der Waals surface area contributed by atoms with Crippen molar-refractivity contribution in [3.8, 4) is 0 Å². The number of nitrogens with two attached hydrogens (primary N) is 1. The fourth-order valence-corrected chi connectivity index (χ4v) is 1.48. The third-order valence-electron chi connectivity index (χ3n) is 2.32. The summed E-state index contributed by atoms with van der Waals surface area (Å²) in [6, 6.07) is 11.7. The van der Waals surface area contributed by atoms with Gasteiger partial charge in [-0.05, 0) is 29.8 Å². The molecule has 0 amide bonds. The van der Waals surface area contributed by atoms with E-state index in [1.54, 1.807) is 13.3 Å². The lowest BCUT2D eigenvalue weighted by molar-refractivity contribution is 0.185. The quantitative estimate of drug-likeness (QED) is 0.845. The summed E-state index contributed by atoms with van der Waals surface area (Å²) in [7, 11) is 1.68. The van der Waals surface area contributed by atoms with E-state index in [9.17, 15) is 0 Å². The second-order valence-corrected chi connectivity index (χ2v) is 3.73. The Balaban J connectivity index is 2.05. The van der Waals surface area contributed by atoms with Gasteiger partial charge in [0.25, 0.3) is 0 Å². The second kappa shape index (κ2) is 5.32. The van der Waals surface area contributed by atoms with Crippen molar-refractivity contribution in [3.05, 3.63) is 48.2 Å². The van der Waals surface area contributed by atoms with Gasteiger partial charge in [-0.2, -0.15) is 0 Å². The lowest BCUT2D eigenvalue weighted by Crippen LogP contribution is -1.95. The Morgan fingerprint density at radius 3 is 2.53 bits per heavy atom. The van der Waals surface area contributed by atoms with Crippen molar-refractivity contribution < 1.29 is 4.74 Å². The molecule has 0 spiro atoms. The molecule has 2 rings (SSSR count). The van der Waals surface area contributed by atoms with Crippen molar-refractivity contribution in [2.45, 2.75) is 6.61 Å². The van der Waals surface area contributed by atoms with Crippen LogP contribution < -0.4 is 11.1 Å². The predicted molar refractivity (Wildman–Crippen MR) is 69.1 cm³/mol. The lowest BCUT2D eigenvalue weighted by Gasteiger charge is -2.06. The van der Waals surface area contributed by atoms with E-state index in [2.05, 4.69) is 10.3 Å². The third-order valence-corrected chi connectivity index (χ3v) is 2.32. The molecule has 1 aromatic heterocycles. The van der Waals surface area contributed by atoms with Crippen LogP contribution in [0.2, 0.25) is 0 Å². The molecule has 4 heteroatoms. The number of methoxy groups -OCH3 is 1. The van der Waals surface area contributed by atoms with Crippen LogP contribution in [-0.4, -0.2) is 12.1 Å². The summed E-state index contributed by atoms with van der Waals surface area (Å²) in [5.41, 5.74) is 8.36. The SMILES string of the molecule is COCc1ccc(Nc2ccc(N)cn2)cc1. The van der Waals surface area contributed by atoms with Gasteiger partial charge in [0.2, 0.25) is 0 Å². The van der Waals surface area contributed by atoms with E-state index in [1.807, 2.05) is 36.4 Å². The van der Waals surface area contributed by atoms with Crippen LogP contribution in [0.5, 0.6) is 0 Å². The molecule has 0 aliphatic carbocycles. The zero-order chi connectivity index (χ0) is 12.1. The van der Waals surface area contributed by atoms with Gasteiger partial charge in [-0.25, -0.2) is 4.98 Å². The van der Waals surface area contributed by atoms with E-state index in [4.69, 9.17) is 10.5 Å². The number of pyridine rings is 1. The van der Waals surface area contributed by atoms with E-state index in [1.165, 1.54) is 0 Å². The molecule has 3 N–H and O–H groups in total. The largest absolute Gasteiger partial charge is 0.397 e. The summed E-state index contributed by atoms with van der Waals surface area (Å²) < 4.78 is 5.05. The zero-order valence-electron chi connectivity index (χ0n) is 9.68. The molecule has 0 saturated carbocycles. The van der Waals surface area contributed by atoms with Crippen LogP contribution in [0.15, 0.2) is 42.6 Å². The first-order valence-electron chi connectivity index (χ1n) is 5.34. The molecule has 4 nitrogen and oxygen atoms in total. The number of anilines is 3. The number of benzene rings is 1. The van der Waals surface area contributed by atoms with Crippen molar-refractivity contribution >= 4 is 17.2 Å². The first kappa shape index (κ1) is 11.4. The molecule has 0 saturated heterocycles. The van der Waals surface area contributed by atoms with E-state index >= 15 is 0 Å². The van der Waals surface area contributed by atoms with Crippen LogP contribution >= 0.6 is 0 Å². The Morgan fingerprint density at radius 1 is 1.18 bits per heavy atom. The molecule has 0 fully saturated rings. The maximum Gasteiger partial charge on any atom is 0.130 e. The summed E-state index contributed by atoms with van der Waals surface area (Å²) in [5.74, 6) is 0.777. The molecule has 88 valence electrons. The van der Waals surface area contributed by atoms with Gasteiger partial charge in [0.1, 0.15) is 5.82 Å². The smallest absolute Gasteiger partial charge is 0.130 e. The van der Waals surface area contributed by atoms with Gasteiger partial charge in [0.05, 0.1) is 18.5 Å². The Kier molecular flexibility index (Phi) is 3.57. The first-order valence-corrected chi connectivity index (χ1v) is 5.34. The zero-order valence-corrected chi connectivity index (χ0v) is 9.68. The molecule has 0 bridgehead atoms. The Morgan fingerprint density at radius 2 is 1.94 bits per heavy atom. The van der Waals surface area contributed by atoms with E-state index in [-0.39, 0.29) is 0 Å². The number of nitrogen functional groups attached to an aromatic ring is 1. The van der Waals surface area contributed by atoms with Crippen LogP contribution in [-0.2, 0) is 11.3 Å². The fourth-order valence-electron chi connectivity index (χ4n) is 1.48. The van der Waals surface area contributed by atoms with Gasteiger partial charge in [-0.1, -0.05) is 12.1 Å². The minimum absolute atomic E-state index is 0.625. The van der Waals surface area contributed by atoms with Gasteiger partial charge < -0.3 is 15.8 Å². The number of rotatable bonds is 4. The lowest BCUT2D eigenvalue weighted by atomic mass is 10.2. The number of nitrogens with zero attached hydrogens (tertiary/aromatic N) is 1. The highest BCUT2D eigenvalue weighted by molar-refractivity contribution is 5.57. The van der Waals surface area contributed by atoms with Crippen LogP contribution in [0.1, 0.15) is 5.56 Å². The monoisotopic (exact) mass is 229 g/mol. The van der Waals surface area contributed by atoms with Crippen molar-refractivity contribution in [2.75, 3.05) is 18.2 Å². The van der Waals surface area contributed by atoms with Crippen LogP contribution in [0.3, 0.4) is 0 Å². The summed E-state index contributed by atoms with van der Waals surface area (Å²) >= 11 is 0. The first-order chi connectivity index (χ1) is 8.28. The van der Waals surface area contributed by atoms with E-state index < -0.39 is 0 Å². The molecule has 1 aromatic carbocycles. The molecule has 0 aliphatic rings. The Hall–Kier alpha value is -2.07. The van der Waals surface area contributed by atoms with E-state index in [0.717, 1.165) is 17.1 Å². The molecule has 0 aliphatic heterocycles. The van der Waals surface area contributed by atoms with Gasteiger partial charge in [-0.3, -0.25) is 0 Å². The number of nitrogens with one attached hydrogen (secondary N) is 1. The minimum atomic E-state index is 0.625. The molecule has 1 heterocycles. The number of hydrogen-bond acceptors (Lipinski definition) is 4. The fraction of sp³-hybridized carbons (Fsp3) is 0.154. The van der Waals surface area contributed by atoms with Gasteiger partial charge in [0, 0.05) is 12.8 Å². The summed E-state index contributed by atoms with van der Waals surface area (Å²) in [6.07, 6.45) is 1.63. The average Bonchev–Trinajstić information content (AvgIpc) is 2.35. The number of aromatic nitrogens is 1. The molecule has 17 heavy (non-hydrogen) atoms. The molecule has 0 radical (unpaired) electrons. The maximum atomic E-state index is 5.57. The summed E-state index contributed by atoms with van der Waals surface area (Å²) in [4.78, 5) is 4.17. The third kappa shape index (κ3) is 3.19.